The summed E-state index contributed by atoms with van der Waals surface area (Å²) in [6, 6.07) is 3.47. The molecule has 146 valence electrons. The van der Waals surface area contributed by atoms with E-state index in [0.717, 1.165) is 15.3 Å². The molecular formula is C20H22N4O3S. The van der Waals surface area contributed by atoms with Gasteiger partial charge in [0.15, 0.2) is 0 Å². The summed E-state index contributed by atoms with van der Waals surface area (Å²) in [7, 11) is 0. The number of aromatic nitrogens is 3. The summed E-state index contributed by atoms with van der Waals surface area (Å²) in [5.41, 5.74) is 0.344. The molecular weight excluding hydrogens is 376 g/mol. The van der Waals surface area contributed by atoms with Crippen LogP contribution in [0.4, 0.5) is 0 Å². The van der Waals surface area contributed by atoms with Crippen molar-refractivity contribution in [1.82, 2.24) is 19.4 Å². The third-order valence-corrected chi connectivity index (χ3v) is 6.63. The van der Waals surface area contributed by atoms with Crippen molar-refractivity contribution in [3.63, 3.8) is 0 Å². The Hall–Kier alpha value is -2.58. The van der Waals surface area contributed by atoms with E-state index in [0.29, 0.717) is 36.9 Å². The minimum atomic E-state index is -1.04. The number of amides is 1. The van der Waals surface area contributed by atoms with Crippen LogP contribution in [0.5, 0.6) is 0 Å². The molecule has 4 rings (SSSR count). The number of hydrogen-bond donors (Lipinski definition) is 1. The van der Waals surface area contributed by atoms with Crippen LogP contribution >= 0.6 is 11.3 Å². The molecule has 1 aliphatic rings. The molecule has 28 heavy (non-hydrogen) atoms. The van der Waals surface area contributed by atoms with Gasteiger partial charge in [0.2, 0.25) is 0 Å². The van der Waals surface area contributed by atoms with Gasteiger partial charge in [-0.25, -0.2) is 4.98 Å². The zero-order chi connectivity index (χ0) is 19.9. The quantitative estimate of drug-likeness (QED) is 0.730. The number of rotatable bonds is 3. The van der Waals surface area contributed by atoms with Crippen LogP contribution in [-0.4, -0.2) is 49.1 Å². The molecule has 1 amide bonds. The highest BCUT2D eigenvalue weighted by Gasteiger charge is 2.35. The van der Waals surface area contributed by atoms with Gasteiger partial charge >= 0.3 is 0 Å². The van der Waals surface area contributed by atoms with Gasteiger partial charge < -0.3 is 10.0 Å². The molecule has 3 aromatic rings. The lowest BCUT2D eigenvalue weighted by atomic mass is 9.91. The number of fused-ring (bicyclic) bond motifs is 1. The van der Waals surface area contributed by atoms with Crippen molar-refractivity contribution in [3.8, 4) is 0 Å². The fourth-order valence-electron chi connectivity index (χ4n) is 3.66. The van der Waals surface area contributed by atoms with Gasteiger partial charge in [-0.3, -0.25) is 19.1 Å². The van der Waals surface area contributed by atoms with Crippen LogP contribution in [0.2, 0.25) is 0 Å². The number of aryl methyl sites for hydroxylation is 2. The molecule has 8 heteroatoms. The summed E-state index contributed by atoms with van der Waals surface area (Å²) in [6.07, 6.45) is 5.52. The van der Waals surface area contributed by atoms with Crippen LogP contribution in [0.25, 0.3) is 10.2 Å². The Morgan fingerprint density at radius 1 is 1.32 bits per heavy atom. The molecule has 1 aliphatic heterocycles. The second-order valence-electron chi connectivity index (χ2n) is 7.40. The van der Waals surface area contributed by atoms with E-state index in [2.05, 4.69) is 9.97 Å². The molecule has 0 atom stereocenters. The lowest BCUT2D eigenvalue weighted by molar-refractivity contribution is -0.0299. The highest BCUT2D eigenvalue weighted by molar-refractivity contribution is 7.18. The fraction of sp³-hybridized carbons (Fsp3) is 0.400. The van der Waals surface area contributed by atoms with E-state index >= 15 is 0 Å². The van der Waals surface area contributed by atoms with Crippen LogP contribution in [-0.2, 0) is 6.54 Å². The largest absolute Gasteiger partial charge is 0.388 e. The number of piperidine rings is 1. The SMILES string of the molecule is Cc1sc2ncn(CC3(O)CCN(C(=O)c4cccnc4)CC3)c(=O)c2c1C. The molecule has 1 N–H and O–H groups in total. The third-order valence-electron chi connectivity index (χ3n) is 5.51. The van der Waals surface area contributed by atoms with Crippen LogP contribution in [0, 0.1) is 13.8 Å². The Labute approximate surface area is 166 Å². The molecule has 0 unspecified atom stereocenters. The van der Waals surface area contributed by atoms with Crippen LogP contribution in [0.15, 0.2) is 35.6 Å². The molecule has 0 aromatic carbocycles. The van der Waals surface area contributed by atoms with Gasteiger partial charge in [-0.2, -0.15) is 0 Å². The summed E-state index contributed by atoms with van der Waals surface area (Å²) in [5, 5.41) is 11.7. The highest BCUT2D eigenvalue weighted by Crippen LogP contribution is 2.27. The van der Waals surface area contributed by atoms with E-state index in [1.54, 1.807) is 29.4 Å². The summed E-state index contributed by atoms with van der Waals surface area (Å²) in [4.78, 5) is 37.4. The highest BCUT2D eigenvalue weighted by atomic mass is 32.1. The molecule has 3 aromatic heterocycles. The summed E-state index contributed by atoms with van der Waals surface area (Å²) in [5.74, 6) is -0.0835. The summed E-state index contributed by atoms with van der Waals surface area (Å²) >= 11 is 1.51. The minimum Gasteiger partial charge on any atom is -0.388 e. The van der Waals surface area contributed by atoms with E-state index in [9.17, 15) is 14.7 Å². The molecule has 1 saturated heterocycles. The summed E-state index contributed by atoms with van der Waals surface area (Å²) in [6.45, 7) is 4.96. The van der Waals surface area contributed by atoms with Crippen molar-refractivity contribution in [2.75, 3.05) is 13.1 Å². The molecule has 0 saturated carbocycles. The molecule has 0 radical (unpaired) electrons. The number of nitrogens with zero attached hydrogens (tertiary/aromatic N) is 4. The summed E-state index contributed by atoms with van der Waals surface area (Å²) < 4.78 is 1.50. The predicted molar refractivity (Wildman–Crippen MR) is 108 cm³/mol. The first-order valence-corrected chi connectivity index (χ1v) is 10.1. The smallest absolute Gasteiger partial charge is 0.262 e. The molecule has 4 heterocycles. The van der Waals surface area contributed by atoms with Crippen molar-refractivity contribution in [2.45, 2.75) is 38.8 Å². The average Bonchev–Trinajstić information content (AvgIpc) is 2.99. The molecule has 1 fully saturated rings. The number of hydrogen-bond acceptors (Lipinski definition) is 6. The van der Waals surface area contributed by atoms with E-state index in [-0.39, 0.29) is 18.0 Å². The lowest BCUT2D eigenvalue weighted by Crippen LogP contribution is -2.49. The van der Waals surface area contributed by atoms with Gasteiger partial charge in [0.05, 0.1) is 29.4 Å². The molecule has 0 aliphatic carbocycles. The van der Waals surface area contributed by atoms with Crippen LogP contribution in [0.1, 0.15) is 33.6 Å². The predicted octanol–water partition coefficient (Wildman–Crippen LogP) is 2.14. The normalized spacial score (nSPS) is 16.5. The number of likely N-dealkylation sites (tertiary alicyclic amines) is 1. The first kappa shape index (κ1) is 18.8. The number of pyridine rings is 1. The Bertz CT molecular complexity index is 1080. The van der Waals surface area contributed by atoms with Crippen molar-refractivity contribution < 1.29 is 9.90 Å². The maximum absolute atomic E-state index is 12.9. The van der Waals surface area contributed by atoms with Gasteiger partial charge in [-0.15, -0.1) is 11.3 Å². The Kier molecular flexibility index (Phi) is 4.76. The maximum atomic E-state index is 12.9. The average molecular weight is 398 g/mol. The Morgan fingerprint density at radius 3 is 2.75 bits per heavy atom. The van der Waals surface area contributed by atoms with Gasteiger partial charge in [0, 0.05) is 30.4 Å². The number of carbonyl (C=O) groups is 1. The second kappa shape index (κ2) is 7.10. The first-order chi connectivity index (χ1) is 13.4. The second-order valence-corrected chi connectivity index (χ2v) is 8.60. The van der Waals surface area contributed by atoms with Gasteiger partial charge in [-0.05, 0) is 44.4 Å². The molecule has 0 bridgehead atoms. The van der Waals surface area contributed by atoms with Crippen molar-refractivity contribution in [1.29, 1.82) is 0 Å². The van der Waals surface area contributed by atoms with E-state index in [1.165, 1.54) is 22.2 Å². The van der Waals surface area contributed by atoms with Crippen molar-refractivity contribution in [2.24, 2.45) is 0 Å². The van der Waals surface area contributed by atoms with E-state index in [4.69, 9.17) is 0 Å². The minimum absolute atomic E-state index is 0.0835. The maximum Gasteiger partial charge on any atom is 0.262 e. The zero-order valence-corrected chi connectivity index (χ0v) is 16.7. The lowest BCUT2D eigenvalue weighted by Gasteiger charge is -2.38. The monoisotopic (exact) mass is 398 g/mol. The molecule has 0 spiro atoms. The first-order valence-electron chi connectivity index (χ1n) is 9.25. The number of carbonyl (C=O) groups excluding carboxylic acids is 1. The topological polar surface area (TPSA) is 88.3 Å². The van der Waals surface area contributed by atoms with Gasteiger partial charge in [0.1, 0.15) is 4.83 Å². The molecule has 7 nitrogen and oxygen atoms in total. The third kappa shape index (κ3) is 3.33. The number of aliphatic hydroxyl groups is 1. The van der Waals surface area contributed by atoms with Crippen molar-refractivity contribution in [3.05, 3.63) is 57.2 Å². The fourth-order valence-corrected chi connectivity index (χ4v) is 4.64. The van der Waals surface area contributed by atoms with Crippen molar-refractivity contribution >= 4 is 27.5 Å². The van der Waals surface area contributed by atoms with E-state index in [1.807, 2.05) is 13.8 Å². The van der Waals surface area contributed by atoms with E-state index < -0.39 is 5.60 Å². The Morgan fingerprint density at radius 2 is 2.07 bits per heavy atom. The number of thiophene rings is 1. The van der Waals surface area contributed by atoms with Gasteiger partial charge in [0.25, 0.3) is 11.5 Å². The van der Waals surface area contributed by atoms with Gasteiger partial charge in [-0.1, -0.05) is 0 Å². The zero-order valence-electron chi connectivity index (χ0n) is 15.9. The standard InChI is InChI=1S/C20H22N4O3S/c1-13-14(2)28-17-16(13)19(26)24(12-22-17)11-20(27)5-8-23(9-6-20)18(25)15-4-3-7-21-10-15/h3-4,7,10,12,27H,5-6,8-9,11H2,1-2H3. The van der Waals surface area contributed by atoms with Crippen LogP contribution in [0.3, 0.4) is 0 Å². The Balaban J connectivity index is 1.50. The van der Waals surface area contributed by atoms with Crippen LogP contribution < -0.4 is 5.56 Å².